The molecule has 94 valence electrons. The predicted molar refractivity (Wildman–Crippen MR) is 52.1 cm³/mol. The summed E-state index contributed by atoms with van der Waals surface area (Å²) in [5, 5.41) is 8.49. The van der Waals surface area contributed by atoms with Crippen LogP contribution in [0.15, 0.2) is 0 Å². The minimum absolute atomic E-state index is 0.0900. The highest BCUT2D eigenvalue weighted by molar-refractivity contribution is 5.66. The Hall–Kier alpha value is -0.780. The van der Waals surface area contributed by atoms with Crippen LogP contribution in [0.2, 0.25) is 0 Å². The molecule has 1 rings (SSSR count). The molecular weight excluding hydrogens is 223 g/mol. The molecule has 16 heavy (non-hydrogen) atoms. The Balaban J connectivity index is 2.27. The third-order valence-electron chi connectivity index (χ3n) is 2.57. The summed E-state index contributed by atoms with van der Waals surface area (Å²) >= 11 is 0. The van der Waals surface area contributed by atoms with E-state index < -0.39 is 18.6 Å². The molecule has 1 aliphatic rings. The average Bonchev–Trinajstić information content (AvgIpc) is 2.91. The highest BCUT2D eigenvalue weighted by atomic mass is 19.4. The number of carboxylic acids is 1. The van der Waals surface area contributed by atoms with Crippen LogP contribution in [0.1, 0.15) is 25.7 Å². The summed E-state index contributed by atoms with van der Waals surface area (Å²) in [6.45, 7) is 0.721. The lowest BCUT2D eigenvalue weighted by atomic mass is 10.3. The van der Waals surface area contributed by atoms with Crippen LogP contribution in [0.4, 0.5) is 13.2 Å². The van der Waals surface area contributed by atoms with Crippen molar-refractivity contribution >= 4 is 5.97 Å². The molecule has 0 heterocycles. The van der Waals surface area contributed by atoms with E-state index in [0.29, 0.717) is 12.5 Å². The van der Waals surface area contributed by atoms with E-state index in [4.69, 9.17) is 5.11 Å². The summed E-state index contributed by atoms with van der Waals surface area (Å²) in [6.07, 6.45) is -3.01. The average molecular weight is 239 g/mol. The summed E-state index contributed by atoms with van der Waals surface area (Å²) in [6, 6.07) is 0. The van der Waals surface area contributed by atoms with Gasteiger partial charge in [-0.2, -0.15) is 13.2 Å². The number of hydrogen-bond acceptors (Lipinski definition) is 2. The molecule has 0 spiro atoms. The van der Waals surface area contributed by atoms with Crippen molar-refractivity contribution in [3.05, 3.63) is 0 Å². The van der Waals surface area contributed by atoms with Gasteiger partial charge in [0.1, 0.15) is 0 Å². The first kappa shape index (κ1) is 13.3. The molecule has 0 aromatic heterocycles. The standard InChI is InChI=1S/C10H16F3NO2/c11-10(12,13)4-6-14(5-3-9(15)16)7-8-1-2-8/h8H,1-7H2,(H,15,16). The molecule has 0 aromatic carbocycles. The molecule has 0 aromatic rings. The Labute approximate surface area is 92.2 Å². The van der Waals surface area contributed by atoms with E-state index in [9.17, 15) is 18.0 Å². The van der Waals surface area contributed by atoms with Gasteiger partial charge in [0.2, 0.25) is 0 Å². The Morgan fingerprint density at radius 1 is 1.31 bits per heavy atom. The topological polar surface area (TPSA) is 40.5 Å². The number of nitrogens with zero attached hydrogens (tertiary/aromatic N) is 1. The molecule has 1 N–H and O–H groups in total. The van der Waals surface area contributed by atoms with Gasteiger partial charge in [0.05, 0.1) is 12.8 Å². The zero-order chi connectivity index (χ0) is 12.2. The Morgan fingerprint density at radius 3 is 2.38 bits per heavy atom. The van der Waals surface area contributed by atoms with Crippen LogP contribution in [0.25, 0.3) is 0 Å². The normalized spacial score (nSPS) is 16.8. The van der Waals surface area contributed by atoms with Crippen molar-refractivity contribution < 1.29 is 23.1 Å². The lowest BCUT2D eigenvalue weighted by Crippen LogP contribution is -2.32. The van der Waals surface area contributed by atoms with E-state index in [1.54, 1.807) is 4.90 Å². The van der Waals surface area contributed by atoms with Gasteiger partial charge < -0.3 is 10.0 Å². The zero-order valence-electron chi connectivity index (χ0n) is 8.96. The monoisotopic (exact) mass is 239 g/mol. The van der Waals surface area contributed by atoms with Crippen molar-refractivity contribution in [3.63, 3.8) is 0 Å². The molecule has 3 nitrogen and oxygen atoms in total. The third kappa shape index (κ3) is 6.66. The Bertz CT molecular complexity index is 239. The van der Waals surface area contributed by atoms with Gasteiger partial charge in [-0.25, -0.2) is 0 Å². The van der Waals surface area contributed by atoms with Crippen LogP contribution in [0, 0.1) is 5.92 Å². The summed E-state index contributed by atoms with van der Waals surface area (Å²) < 4.78 is 36.1. The molecule has 0 bridgehead atoms. The summed E-state index contributed by atoms with van der Waals surface area (Å²) in [7, 11) is 0. The summed E-state index contributed by atoms with van der Waals surface area (Å²) in [4.78, 5) is 12.0. The zero-order valence-corrected chi connectivity index (χ0v) is 8.96. The summed E-state index contributed by atoms with van der Waals surface area (Å²) in [5.74, 6) is -0.491. The fourth-order valence-electron chi connectivity index (χ4n) is 1.50. The Morgan fingerprint density at radius 2 is 1.94 bits per heavy atom. The van der Waals surface area contributed by atoms with E-state index in [1.165, 1.54) is 0 Å². The van der Waals surface area contributed by atoms with Gasteiger partial charge in [0, 0.05) is 19.6 Å². The SMILES string of the molecule is O=C(O)CCN(CCC(F)(F)F)CC1CC1. The smallest absolute Gasteiger partial charge is 0.390 e. The Kier molecular flexibility index (Phi) is 4.58. The van der Waals surface area contributed by atoms with Crippen LogP contribution in [-0.2, 0) is 4.79 Å². The van der Waals surface area contributed by atoms with Gasteiger partial charge in [0.25, 0.3) is 0 Å². The maximum atomic E-state index is 12.0. The van der Waals surface area contributed by atoms with Gasteiger partial charge in [-0.05, 0) is 18.8 Å². The van der Waals surface area contributed by atoms with Gasteiger partial charge >= 0.3 is 12.1 Å². The van der Waals surface area contributed by atoms with E-state index in [-0.39, 0.29) is 19.5 Å². The van der Waals surface area contributed by atoms with E-state index in [1.807, 2.05) is 0 Å². The van der Waals surface area contributed by atoms with E-state index in [0.717, 1.165) is 12.8 Å². The molecule has 0 saturated heterocycles. The van der Waals surface area contributed by atoms with Crippen molar-refractivity contribution in [2.75, 3.05) is 19.6 Å². The van der Waals surface area contributed by atoms with Crippen LogP contribution in [0.5, 0.6) is 0 Å². The van der Waals surface area contributed by atoms with Gasteiger partial charge in [-0.1, -0.05) is 0 Å². The lowest BCUT2D eigenvalue weighted by molar-refractivity contribution is -0.139. The van der Waals surface area contributed by atoms with E-state index >= 15 is 0 Å². The highest BCUT2D eigenvalue weighted by Crippen LogP contribution is 2.30. The number of alkyl halides is 3. The number of carbonyl (C=O) groups is 1. The van der Waals surface area contributed by atoms with Crippen molar-refractivity contribution in [1.29, 1.82) is 0 Å². The van der Waals surface area contributed by atoms with Crippen molar-refractivity contribution in [2.24, 2.45) is 5.92 Å². The molecule has 6 heteroatoms. The van der Waals surface area contributed by atoms with Gasteiger partial charge in [-0.3, -0.25) is 4.79 Å². The first-order chi connectivity index (χ1) is 7.37. The highest BCUT2D eigenvalue weighted by Gasteiger charge is 2.30. The molecule has 1 saturated carbocycles. The lowest BCUT2D eigenvalue weighted by Gasteiger charge is -2.21. The molecule has 0 unspecified atom stereocenters. The largest absolute Gasteiger partial charge is 0.481 e. The van der Waals surface area contributed by atoms with Crippen LogP contribution < -0.4 is 0 Å². The second-order valence-corrected chi connectivity index (χ2v) is 4.25. The first-order valence-corrected chi connectivity index (χ1v) is 5.38. The first-order valence-electron chi connectivity index (χ1n) is 5.38. The fraction of sp³-hybridized carbons (Fsp3) is 0.900. The van der Waals surface area contributed by atoms with E-state index in [2.05, 4.69) is 0 Å². The van der Waals surface area contributed by atoms with Gasteiger partial charge in [-0.15, -0.1) is 0 Å². The molecule has 1 fully saturated rings. The predicted octanol–water partition coefficient (Wildman–Crippen LogP) is 2.13. The van der Waals surface area contributed by atoms with Crippen molar-refractivity contribution in [1.82, 2.24) is 4.90 Å². The number of rotatable bonds is 7. The third-order valence-corrected chi connectivity index (χ3v) is 2.57. The molecule has 0 amide bonds. The minimum Gasteiger partial charge on any atom is -0.481 e. The summed E-state index contributed by atoms with van der Waals surface area (Å²) in [5.41, 5.74) is 0. The molecule has 0 atom stereocenters. The van der Waals surface area contributed by atoms with Crippen LogP contribution in [-0.4, -0.2) is 41.8 Å². The van der Waals surface area contributed by atoms with Crippen LogP contribution >= 0.6 is 0 Å². The molecule has 0 aliphatic heterocycles. The maximum Gasteiger partial charge on any atom is 0.390 e. The fourth-order valence-corrected chi connectivity index (χ4v) is 1.50. The molecule has 1 aliphatic carbocycles. The second-order valence-electron chi connectivity index (χ2n) is 4.25. The minimum atomic E-state index is -4.16. The number of aliphatic carboxylic acids is 1. The number of halogens is 3. The molecule has 0 radical (unpaired) electrons. The van der Waals surface area contributed by atoms with Crippen LogP contribution in [0.3, 0.4) is 0 Å². The number of carboxylic acid groups (broad SMARTS) is 1. The quantitative estimate of drug-likeness (QED) is 0.739. The van der Waals surface area contributed by atoms with Gasteiger partial charge in [0.15, 0.2) is 0 Å². The number of hydrogen-bond donors (Lipinski definition) is 1. The second kappa shape index (κ2) is 5.52. The van der Waals surface area contributed by atoms with Crippen molar-refractivity contribution in [2.45, 2.75) is 31.9 Å². The molecular formula is C10H16F3NO2. The van der Waals surface area contributed by atoms with Crippen molar-refractivity contribution in [3.8, 4) is 0 Å². The maximum absolute atomic E-state index is 12.0.